The molecule has 162 valence electrons. The number of H-pyrrole nitrogens is 1. The van der Waals surface area contributed by atoms with Crippen LogP contribution in [0.4, 0.5) is 0 Å². The number of carbonyl (C=O) groups is 3. The fourth-order valence-corrected chi connectivity index (χ4v) is 2.82. The van der Waals surface area contributed by atoms with Gasteiger partial charge in [-0.05, 0) is 0 Å². The zero-order valence-corrected chi connectivity index (χ0v) is 16.7. The molecule has 0 radical (unpaired) electrons. The van der Waals surface area contributed by atoms with E-state index in [-0.39, 0.29) is 19.0 Å². The Morgan fingerprint density at radius 3 is 2.21 bits per heavy atom. The normalized spacial score (nSPS) is 26.0. The van der Waals surface area contributed by atoms with Crippen LogP contribution < -0.4 is 17.0 Å². The Labute approximate surface area is 170 Å². The monoisotopic (exact) mass is 435 g/mol. The molecule has 0 amide bonds. The van der Waals surface area contributed by atoms with Crippen LogP contribution in [-0.2, 0) is 33.3 Å². The van der Waals surface area contributed by atoms with E-state index in [0.717, 1.165) is 30.7 Å². The van der Waals surface area contributed by atoms with Gasteiger partial charge < -0.3 is 24.7 Å². The van der Waals surface area contributed by atoms with E-state index in [9.17, 15) is 24.0 Å². The van der Waals surface area contributed by atoms with Crippen molar-refractivity contribution >= 4 is 30.3 Å². The molecule has 12 nitrogen and oxygen atoms in total. The van der Waals surface area contributed by atoms with Crippen LogP contribution >= 0.6 is 12.4 Å². The summed E-state index contributed by atoms with van der Waals surface area (Å²) in [5.41, 5.74) is 4.70. The average molecular weight is 436 g/mol. The number of ether oxygens (including phenoxy) is 4. The van der Waals surface area contributed by atoms with Crippen molar-refractivity contribution in [2.24, 2.45) is 5.73 Å². The van der Waals surface area contributed by atoms with Gasteiger partial charge in [0.2, 0.25) is 0 Å². The van der Waals surface area contributed by atoms with Gasteiger partial charge in [-0.3, -0.25) is 28.7 Å². The van der Waals surface area contributed by atoms with Gasteiger partial charge in [0.25, 0.3) is 5.56 Å². The lowest BCUT2D eigenvalue weighted by Gasteiger charge is -2.44. The predicted molar refractivity (Wildman–Crippen MR) is 98.2 cm³/mol. The molecule has 2 rings (SSSR count). The number of nitrogens with zero attached hydrogens (tertiary/aromatic N) is 1. The van der Waals surface area contributed by atoms with Gasteiger partial charge in [0.15, 0.2) is 18.4 Å². The highest BCUT2D eigenvalue weighted by Gasteiger charge is 2.49. The third-order valence-electron chi connectivity index (χ3n) is 3.89. The number of hydrogen-bond acceptors (Lipinski definition) is 10. The molecule has 0 bridgehead atoms. The molecule has 1 aromatic heterocycles. The smallest absolute Gasteiger partial charge is 0.330 e. The third kappa shape index (κ3) is 6.14. The molecule has 29 heavy (non-hydrogen) atoms. The first-order valence-electron chi connectivity index (χ1n) is 8.30. The van der Waals surface area contributed by atoms with Gasteiger partial charge in [0.1, 0.15) is 12.7 Å². The number of carbonyl (C=O) groups excluding carboxylic acids is 3. The van der Waals surface area contributed by atoms with Gasteiger partial charge in [-0.2, -0.15) is 0 Å². The van der Waals surface area contributed by atoms with E-state index in [1.54, 1.807) is 0 Å². The highest BCUT2D eigenvalue weighted by molar-refractivity contribution is 5.85. The van der Waals surface area contributed by atoms with Crippen molar-refractivity contribution in [3.05, 3.63) is 33.1 Å². The van der Waals surface area contributed by atoms with Crippen molar-refractivity contribution in [2.75, 3.05) is 6.61 Å². The maximum absolute atomic E-state index is 12.1. The van der Waals surface area contributed by atoms with Crippen molar-refractivity contribution in [1.29, 1.82) is 0 Å². The summed E-state index contributed by atoms with van der Waals surface area (Å²) < 4.78 is 22.1. The molecule has 0 spiro atoms. The molecule has 2 heterocycles. The Morgan fingerprint density at radius 1 is 1.10 bits per heavy atom. The Morgan fingerprint density at radius 2 is 1.69 bits per heavy atom. The predicted octanol–water partition coefficient (Wildman–Crippen LogP) is -1.39. The number of halogens is 1. The van der Waals surface area contributed by atoms with Crippen molar-refractivity contribution < 1.29 is 33.3 Å². The summed E-state index contributed by atoms with van der Waals surface area (Å²) >= 11 is 0. The summed E-state index contributed by atoms with van der Waals surface area (Å²) in [4.78, 5) is 59.8. The second-order valence-electron chi connectivity index (χ2n) is 6.11. The minimum atomic E-state index is -1.21. The average Bonchev–Trinajstić information content (AvgIpc) is 2.57. The lowest BCUT2D eigenvalue weighted by Crippen LogP contribution is -2.63. The molecule has 1 aliphatic rings. The second kappa shape index (κ2) is 10.2. The molecule has 1 fully saturated rings. The van der Waals surface area contributed by atoms with Gasteiger partial charge in [-0.1, -0.05) is 0 Å². The van der Waals surface area contributed by atoms with Crippen LogP contribution in [0.3, 0.4) is 0 Å². The summed E-state index contributed by atoms with van der Waals surface area (Å²) in [6.07, 6.45) is -3.54. The zero-order valence-electron chi connectivity index (χ0n) is 15.9. The number of rotatable bonds is 5. The summed E-state index contributed by atoms with van der Waals surface area (Å²) in [7, 11) is 0. The van der Waals surface area contributed by atoms with Gasteiger partial charge in [0.05, 0.1) is 6.04 Å². The maximum Gasteiger partial charge on any atom is 0.330 e. The molecule has 5 atom stereocenters. The summed E-state index contributed by atoms with van der Waals surface area (Å²) in [6, 6.07) is -0.0668. The van der Waals surface area contributed by atoms with Crippen LogP contribution in [0.1, 0.15) is 27.0 Å². The maximum atomic E-state index is 12.1. The number of hydrogen-bond donors (Lipinski definition) is 2. The Bertz CT molecular complexity index is 868. The Kier molecular flexibility index (Phi) is 8.55. The van der Waals surface area contributed by atoms with E-state index in [2.05, 4.69) is 4.98 Å². The first-order valence-corrected chi connectivity index (χ1v) is 8.30. The van der Waals surface area contributed by atoms with Gasteiger partial charge in [-0.15, -0.1) is 12.4 Å². The van der Waals surface area contributed by atoms with Crippen LogP contribution in [-0.4, -0.2) is 58.4 Å². The first-order chi connectivity index (χ1) is 13.1. The van der Waals surface area contributed by atoms with Crippen LogP contribution in [0, 0.1) is 0 Å². The second-order valence-corrected chi connectivity index (χ2v) is 6.11. The van der Waals surface area contributed by atoms with Crippen LogP contribution in [0.2, 0.25) is 0 Å². The van der Waals surface area contributed by atoms with E-state index in [0.29, 0.717) is 0 Å². The third-order valence-corrected chi connectivity index (χ3v) is 3.89. The SMILES string of the molecule is CC(=O)OCC1OC(n2ccc(=O)[nH]c2=O)C(N)C(OC(C)=O)C1OC(C)=O.Cl. The van der Waals surface area contributed by atoms with Crippen LogP contribution in [0.25, 0.3) is 0 Å². The van der Waals surface area contributed by atoms with Gasteiger partial charge in [-0.25, -0.2) is 4.79 Å². The Balaban J connectivity index is 0.00000420. The molecule has 1 aliphatic heterocycles. The lowest BCUT2D eigenvalue weighted by atomic mass is 9.96. The molecule has 1 saturated heterocycles. The zero-order chi connectivity index (χ0) is 21.0. The minimum Gasteiger partial charge on any atom is -0.463 e. The minimum absolute atomic E-state index is 0. The van der Waals surface area contributed by atoms with Crippen LogP contribution in [0.5, 0.6) is 0 Å². The standard InChI is InChI=1S/C16H21N3O9.ClH/c1-7(20)25-6-10-13(26-8(2)21)14(27-9(3)22)12(17)15(28-10)19-5-4-11(23)18-16(19)24;/h4-5,10,12-15H,6,17H2,1-3H3,(H,18,23,24);1H. The quantitative estimate of drug-likeness (QED) is 0.414. The fraction of sp³-hybridized carbons (Fsp3) is 0.562. The van der Waals surface area contributed by atoms with Crippen LogP contribution in [0.15, 0.2) is 21.9 Å². The van der Waals surface area contributed by atoms with Crippen molar-refractivity contribution in [2.45, 2.75) is 51.4 Å². The molecule has 0 aromatic carbocycles. The number of aromatic nitrogens is 2. The number of nitrogens with one attached hydrogen (secondary N) is 1. The largest absolute Gasteiger partial charge is 0.463 e. The van der Waals surface area contributed by atoms with Gasteiger partial charge in [0, 0.05) is 33.0 Å². The molecular weight excluding hydrogens is 414 g/mol. The highest BCUT2D eigenvalue weighted by Crippen LogP contribution is 2.30. The topological polar surface area (TPSA) is 169 Å². The first kappa shape index (κ1) is 24.3. The van der Waals surface area contributed by atoms with E-state index in [1.807, 2.05) is 0 Å². The molecule has 0 aliphatic carbocycles. The van der Waals surface area contributed by atoms with Crippen molar-refractivity contribution in [3.63, 3.8) is 0 Å². The summed E-state index contributed by atoms with van der Waals surface area (Å²) in [6.45, 7) is 3.09. The molecule has 13 heteroatoms. The summed E-state index contributed by atoms with van der Waals surface area (Å²) in [5, 5.41) is 0. The van der Waals surface area contributed by atoms with Gasteiger partial charge >= 0.3 is 23.6 Å². The number of nitrogens with two attached hydrogens (primary N) is 1. The van der Waals surface area contributed by atoms with E-state index < -0.39 is 59.7 Å². The van der Waals surface area contributed by atoms with Crippen molar-refractivity contribution in [3.8, 4) is 0 Å². The molecule has 5 unspecified atom stereocenters. The molecule has 0 saturated carbocycles. The van der Waals surface area contributed by atoms with E-state index in [4.69, 9.17) is 24.7 Å². The van der Waals surface area contributed by atoms with Crippen molar-refractivity contribution in [1.82, 2.24) is 9.55 Å². The molecule has 3 N–H and O–H groups in total. The number of esters is 3. The molecular formula is C16H22ClN3O9. The highest BCUT2D eigenvalue weighted by atomic mass is 35.5. The number of aromatic amines is 1. The van der Waals surface area contributed by atoms with E-state index >= 15 is 0 Å². The fourth-order valence-electron chi connectivity index (χ4n) is 2.82. The summed E-state index contributed by atoms with van der Waals surface area (Å²) in [5.74, 6) is -2.04. The lowest BCUT2D eigenvalue weighted by molar-refractivity contribution is -0.234. The molecule has 1 aromatic rings. The Hall–Kier alpha value is -2.70. The van der Waals surface area contributed by atoms with E-state index in [1.165, 1.54) is 6.92 Å².